The Morgan fingerprint density at radius 1 is 1.14 bits per heavy atom. The Hall–Kier alpha value is -3.06. The molecule has 0 N–H and O–H groups in total. The number of rotatable bonds is 5. The van der Waals surface area contributed by atoms with Gasteiger partial charge in [-0.1, -0.05) is 28.1 Å². The normalized spacial score (nSPS) is 11.0. The van der Waals surface area contributed by atoms with Crippen LogP contribution >= 0.6 is 15.9 Å². The lowest BCUT2D eigenvalue weighted by molar-refractivity contribution is 0.0601. The number of pyridine rings is 1. The van der Waals surface area contributed by atoms with Gasteiger partial charge in [0.05, 0.1) is 23.7 Å². The van der Waals surface area contributed by atoms with E-state index >= 15 is 0 Å². The minimum Gasteiger partial charge on any atom is -0.465 e. The first-order valence-corrected chi connectivity index (χ1v) is 9.79. The fourth-order valence-electron chi connectivity index (χ4n) is 3.22. The standard InChI is InChI=1S/C22H17BrFN3O2/c1-29-22(28)15-4-7-20-18(12-15)26-21(19-13-16(23)8-10-25-19)27(20)11-9-14-2-5-17(24)6-3-14/h2-8,10,12-13H,9,11H2,1H3. The second-order valence-electron chi connectivity index (χ2n) is 6.52. The van der Waals surface area contributed by atoms with Crippen LogP contribution in [0.3, 0.4) is 0 Å². The highest BCUT2D eigenvalue weighted by atomic mass is 79.9. The first kappa shape index (κ1) is 19.3. The van der Waals surface area contributed by atoms with E-state index in [1.54, 1.807) is 30.5 Å². The molecule has 2 aromatic carbocycles. The molecule has 0 amide bonds. The number of ether oxygens (including phenoxy) is 1. The topological polar surface area (TPSA) is 57.0 Å². The van der Waals surface area contributed by atoms with Gasteiger partial charge < -0.3 is 9.30 Å². The maximum absolute atomic E-state index is 13.2. The molecule has 4 rings (SSSR count). The van der Waals surface area contributed by atoms with Crippen LogP contribution in [-0.4, -0.2) is 27.6 Å². The summed E-state index contributed by atoms with van der Waals surface area (Å²) in [6.45, 7) is 0.628. The molecule has 0 spiro atoms. The smallest absolute Gasteiger partial charge is 0.337 e. The van der Waals surface area contributed by atoms with E-state index in [1.807, 2.05) is 18.2 Å². The van der Waals surface area contributed by atoms with Crippen molar-refractivity contribution < 1.29 is 13.9 Å². The summed E-state index contributed by atoms with van der Waals surface area (Å²) in [4.78, 5) is 21.1. The molecule has 0 unspecified atom stereocenters. The number of hydrogen-bond acceptors (Lipinski definition) is 4. The van der Waals surface area contributed by atoms with E-state index in [4.69, 9.17) is 9.72 Å². The first-order valence-electron chi connectivity index (χ1n) is 9.00. The van der Waals surface area contributed by atoms with Gasteiger partial charge in [0.25, 0.3) is 0 Å². The number of imidazole rings is 1. The van der Waals surface area contributed by atoms with Gasteiger partial charge in [0, 0.05) is 17.2 Å². The number of halogens is 2. The van der Waals surface area contributed by atoms with Gasteiger partial charge in [-0.2, -0.15) is 0 Å². The summed E-state index contributed by atoms with van der Waals surface area (Å²) >= 11 is 3.48. The van der Waals surface area contributed by atoms with E-state index in [0.717, 1.165) is 15.6 Å². The Labute approximate surface area is 175 Å². The molecular weight excluding hydrogens is 437 g/mol. The third-order valence-electron chi connectivity index (χ3n) is 4.66. The Morgan fingerprint density at radius 2 is 1.93 bits per heavy atom. The van der Waals surface area contributed by atoms with Crippen LogP contribution in [0.4, 0.5) is 4.39 Å². The molecule has 7 heteroatoms. The lowest BCUT2D eigenvalue weighted by Crippen LogP contribution is -2.05. The molecule has 0 radical (unpaired) electrons. The van der Waals surface area contributed by atoms with Crippen molar-refractivity contribution in [2.75, 3.05) is 7.11 Å². The predicted molar refractivity (Wildman–Crippen MR) is 112 cm³/mol. The van der Waals surface area contributed by atoms with Crippen molar-refractivity contribution in [2.45, 2.75) is 13.0 Å². The molecule has 5 nitrogen and oxygen atoms in total. The Kier molecular flexibility index (Phi) is 5.40. The van der Waals surface area contributed by atoms with Crippen LogP contribution in [0, 0.1) is 5.82 Å². The van der Waals surface area contributed by atoms with Crippen molar-refractivity contribution in [3.8, 4) is 11.5 Å². The second-order valence-corrected chi connectivity index (χ2v) is 7.43. The van der Waals surface area contributed by atoms with Crippen LogP contribution in [-0.2, 0) is 17.7 Å². The monoisotopic (exact) mass is 453 g/mol. The number of methoxy groups -OCH3 is 1. The van der Waals surface area contributed by atoms with Gasteiger partial charge in [0.2, 0.25) is 0 Å². The minimum atomic E-state index is -0.408. The number of hydrogen-bond donors (Lipinski definition) is 0. The molecule has 0 saturated carbocycles. The molecule has 0 atom stereocenters. The Morgan fingerprint density at radius 3 is 2.66 bits per heavy atom. The number of aromatic nitrogens is 3. The summed E-state index contributed by atoms with van der Waals surface area (Å²) < 4.78 is 21.0. The van der Waals surface area contributed by atoms with Gasteiger partial charge in [0.1, 0.15) is 11.5 Å². The third kappa shape index (κ3) is 4.05. The Bertz CT molecular complexity index is 1190. The average Bonchev–Trinajstić information content (AvgIpc) is 3.10. The number of carbonyl (C=O) groups is 1. The van der Waals surface area contributed by atoms with E-state index in [-0.39, 0.29) is 5.82 Å². The quantitative estimate of drug-likeness (QED) is 0.397. The zero-order valence-corrected chi connectivity index (χ0v) is 17.2. The number of carbonyl (C=O) groups excluding carboxylic acids is 1. The lowest BCUT2D eigenvalue weighted by atomic mass is 10.1. The van der Waals surface area contributed by atoms with Gasteiger partial charge in [-0.05, 0) is 54.4 Å². The number of nitrogens with zero attached hydrogens (tertiary/aromatic N) is 3. The summed E-state index contributed by atoms with van der Waals surface area (Å²) in [5.74, 6) is 0.0384. The highest BCUT2D eigenvalue weighted by molar-refractivity contribution is 9.10. The van der Waals surface area contributed by atoms with Crippen molar-refractivity contribution in [2.24, 2.45) is 0 Å². The molecule has 0 aliphatic carbocycles. The average molecular weight is 454 g/mol. The van der Waals surface area contributed by atoms with E-state index in [2.05, 4.69) is 25.5 Å². The SMILES string of the molecule is COC(=O)c1ccc2c(c1)nc(-c1cc(Br)ccn1)n2CCc1ccc(F)cc1. The molecule has 0 fully saturated rings. The van der Waals surface area contributed by atoms with Crippen LogP contribution in [0.2, 0.25) is 0 Å². The minimum absolute atomic E-state index is 0.254. The summed E-state index contributed by atoms with van der Waals surface area (Å²) in [6.07, 6.45) is 2.41. The molecule has 2 heterocycles. The second kappa shape index (κ2) is 8.13. The van der Waals surface area contributed by atoms with Crippen molar-refractivity contribution in [3.05, 3.63) is 82.2 Å². The van der Waals surface area contributed by atoms with Crippen molar-refractivity contribution in [1.29, 1.82) is 0 Å². The third-order valence-corrected chi connectivity index (χ3v) is 5.15. The molecule has 0 bridgehead atoms. The summed E-state index contributed by atoms with van der Waals surface area (Å²) in [7, 11) is 1.35. The van der Waals surface area contributed by atoms with E-state index in [1.165, 1.54) is 19.2 Å². The highest BCUT2D eigenvalue weighted by Crippen LogP contribution is 2.27. The van der Waals surface area contributed by atoms with Crippen LogP contribution in [0.25, 0.3) is 22.6 Å². The van der Waals surface area contributed by atoms with Crippen LogP contribution < -0.4 is 0 Å². The summed E-state index contributed by atoms with van der Waals surface area (Å²) in [5, 5.41) is 0. The fraction of sp³-hybridized carbons (Fsp3) is 0.136. The highest BCUT2D eigenvalue weighted by Gasteiger charge is 2.16. The largest absolute Gasteiger partial charge is 0.465 e. The van der Waals surface area contributed by atoms with Crippen LogP contribution in [0.1, 0.15) is 15.9 Å². The zero-order valence-electron chi connectivity index (χ0n) is 15.6. The van der Waals surface area contributed by atoms with E-state index in [9.17, 15) is 9.18 Å². The van der Waals surface area contributed by atoms with Crippen molar-refractivity contribution >= 4 is 32.9 Å². The van der Waals surface area contributed by atoms with Gasteiger partial charge in [0.15, 0.2) is 5.82 Å². The molecule has 0 aliphatic rings. The Balaban J connectivity index is 1.79. The maximum atomic E-state index is 13.2. The molecule has 2 aromatic heterocycles. The van der Waals surface area contributed by atoms with Crippen molar-refractivity contribution in [1.82, 2.24) is 14.5 Å². The first-order chi connectivity index (χ1) is 14.0. The maximum Gasteiger partial charge on any atom is 0.337 e. The fourth-order valence-corrected chi connectivity index (χ4v) is 3.55. The zero-order chi connectivity index (χ0) is 20.4. The molecule has 0 saturated heterocycles. The van der Waals surface area contributed by atoms with Gasteiger partial charge in [-0.25, -0.2) is 14.2 Å². The van der Waals surface area contributed by atoms with E-state index in [0.29, 0.717) is 35.6 Å². The molecular formula is C22H17BrFN3O2. The van der Waals surface area contributed by atoms with Crippen LogP contribution in [0.15, 0.2) is 65.3 Å². The molecule has 29 heavy (non-hydrogen) atoms. The number of esters is 1. The molecule has 146 valence electrons. The number of fused-ring (bicyclic) bond motifs is 1. The van der Waals surface area contributed by atoms with Crippen molar-refractivity contribution in [3.63, 3.8) is 0 Å². The molecule has 4 aromatic rings. The van der Waals surface area contributed by atoms with Gasteiger partial charge in [-0.15, -0.1) is 0 Å². The number of aryl methyl sites for hydroxylation is 2. The summed E-state index contributed by atoms with van der Waals surface area (Å²) in [5.41, 5.74) is 3.75. The molecule has 0 aliphatic heterocycles. The van der Waals surface area contributed by atoms with Crippen LogP contribution in [0.5, 0.6) is 0 Å². The lowest BCUT2D eigenvalue weighted by Gasteiger charge is -2.10. The van der Waals surface area contributed by atoms with Gasteiger partial charge >= 0.3 is 5.97 Å². The predicted octanol–water partition coefficient (Wildman–Crippen LogP) is 5.03. The van der Waals surface area contributed by atoms with E-state index < -0.39 is 5.97 Å². The number of benzene rings is 2. The van der Waals surface area contributed by atoms with Gasteiger partial charge in [-0.3, -0.25) is 4.98 Å². The summed E-state index contributed by atoms with van der Waals surface area (Å²) in [6, 6.07) is 15.5.